The lowest BCUT2D eigenvalue weighted by molar-refractivity contribution is -0.385. The fourth-order valence-corrected chi connectivity index (χ4v) is 3.40. The minimum atomic E-state index is -0.291. The fourth-order valence-electron chi connectivity index (χ4n) is 3.40. The summed E-state index contributed by atoms with van der Waals surface area (Å²) in [6.07, 6.45) is 2.51. The fraction of sp³-hybridized carbons (Fsp3) is 0.571. The van der Waals surface area contributed by atoms with Gasteiger partial charge < -0.3 is 10.2 Å². The molecular weight excluding hydrogens is 242 g/mol. The van der Waals surface area contributed by atoms with Crippen molar-refractivity contribution in [2.75, 3.05) is 24.5 Å². The van der Waals surface area contributed by atoms with Gasteiger partial charge in [0.2, 0.25) is 0 Å². The highest BCUT2D eigenvalue weighted by atomic mass is 16.6. The Bertz CT molecular complexity index is 489. The lowest BCUT2D eigenvalue weighted by Gasteiger charge is -2.24. The van der Waals surface area contributed by atoms with Crippen LogP contribution in [0.3, 0.4) is 0 Å². The maximum absolute atomic E-state index is 11.0. The largest absolute Gasteiger partial charge is 0.369 e. The molecule has 5 nitrogen and oxygen atoms in total. The number of benzene rings is 1. The van der Waals surface area contributed by atoms with Crippen LogP contribution in [0.5, 0.6) is 0 Å². The average Bonchev–Trinajstić information content (AvgIpc) is 2.82. The molecule has 19 heavy (non-hydrogen) atoms. The van der Waals surface area contributed by atoms with Crippen molar-refractivity contribution in [1.29, 1.82) is 0 Å². The Hall–Kier alpha value is -1.62. The van der Waals surface area contributed by atoms with Crippen molar-refractivity contribution in [2.24, 2.45) is 5.92 Å². The Labute approximate surface area is 112 Å². The van der Waals surface area contributed by atoms with E-state index >= 15 is 0 Å². The quantitative estimate of drug-likeness (QED) is 0.654. The van der Waals surface area contributed by atoms with Gasteiger partial charge in [0.15, 0.2) is 0 Å². The molecule has 102 valence electrons. The molecule has 0 radical (unpaired) electrons. The van der Waals surface area contributed by atoms with Gasteiger partial charge in [-0.1, -0.05) is 6.07 Å². The van der Waals surface area contributed by atoms with E-state index in [9.17, 15) is 10.1 Å². The summed E-state index contributed by atoms with van der Waals surface area (Å²) in [7, 11) is 0. The van der Waals surface area contributed by atoms with E-state index in [2.05, 4.69) is 10.2 Å². The average molecular weight is 261 g/mol. The molecule has 2 saturated heterocycles. The summed E-state index contributed by atoms with van der Waals surface area (Å²) in [6.45, 7) is 4.93. The summed E-state index contributed by atoms with van der Waals surface area (Å²) in [5.41, 5.74) is 2.02. The number of rotatable bonds is 2. The maximum atomic E-state index is 11.0. The summed E-state index contributed by atoms with van der Waals surface area (Å²) in [5.74, 6) is 0.687. The summed E-state index contributed by atoms with van der Waals surface area (Å²) in [5, 5.41) is 14.6. The molecule has 5 heteroatoms. The predicted octanol–water partition coefficient (Wildman–Crippen LogP) is 2.09. The maximum Gasteiger partial charge on any atom is 0.274 e. The smallest absolute Gasteiger partial charge is 0.274 e. The van der Waals surface area contributed by atoms with E-state index in [1.54, 1.807) is 12.1 Å². The van der Waals surface area contributed by atoms with Crippen molar-refractivity contribution in [3.63, 3.8) is 0 Å². The van der Waals surface area contributed by atoms with Gasteiger partial charge in [-0.15, -0.1) is 0 Å². The summed E-state index contributed by atoms with van der Waals surface area (Å²) in [4.78, 5) is 13.0. The van der Waals surface area contributed by atoms with Gasteiger partial charge in [-0.3, -0.25) is 10.1 Å². The van der Waals surface area contributed by atoms with Gasteiger partial charge in [0.1, 0.15) is 0 Å². The van der Waals surface area contributed by atoms with Crippen LogP contribution in [0, 0.1) is 23.0 Å². The molecule has 0 aliphatic carbocycles. The van der Waals surface area contributed by atoms with E-state index in [-0.39, 0.29) is 10.6 Å². The first kappa shape index (κ1) is 12.4. The number of nitro groups is 1. The Morgan fingerprint density at radius 1 is 1.42 bits per heavy atom. The summed E-state index contributed by atoms with van der Waals surface area (Å²) in [6, 6.07) is 5.92. The Morgan fingerprint density at radius 3 is 3.00 bits per heavy atom. The van der Waals surface area contributed by atoms with Gasteiger partial charge in [-0.2, -0.15) is 0 Å². The molecule has 2 fully saturated rings. The highest BCUT2D eigenvalue weighted by Gasteiger charge is 2.35. The van der Waals surface area contributed by atoms with Gasteiger partial charge in [-0.25, -0.2) is 0 Å². The lowest BCUT2D eigenvalue weighted by Crippen LogP contribution is -2.40. The Balaban J connectivity index is 1.87. The molecule has 0 amide bonds. The lowest BCUT2D eigenvalue weighted by atomic mass is 9.94. The molecule has 0 spiro atoms. The summed E-state index contributed by atoms with van der Waals surface area (Å²) < 4.78 is 0. The number of hydrogen-bond donors (Lipinski definition) is 1. The number of hydrogen-bond acceptors (Lipinski definition) is 4. The molecule has 1 aromatic rings. The highest BCUT2D eigenvalue weighted by molar-refractivity contribution is 5.62. The number of nitrogens with zero attached hydrogens (tertiary/aromatic N) is 2. The topological polar surface area (TPSA) is 58.4 Å². The monoisotopic (exact) mass is 261 g/mol. The SMILES string of the molecule is Cc1c(N2C[C@@H]3CCCN[C@@H]3C2)cccc1[N+](=O)[O-]. The van der Waals surface area contributed by atoms with Crippen LogP contribution in [0.15, 0.2) is 18.2 Å². The van der Waals surface area contributed by atoms with E-state index in [4.69, 9.17) is 0 Å². The Kier molecular flexibility index (Phi) is 3.14. The van der Waals surface area contributed by atoms with E-state index < -0.39 is 0 Å². The molecule has 0 saturated carbocycles. The number of nitro benzene ring substituents is 1. The van der Waals surface area contributed by atoms with Crippen molar-refractivity contribution >= 4 is 11.4 Å². The molecule has 1 aromatic carbocycles. The third kappa shape index (κ3) is 2.18. The molecule has 0 aromatic heterocycles. The molecular formula is C14H19N3O2. The van der Waals surface area contributed by atoms with Crippen LogP contribution in [-0.2, 0) is 0 Å². The number of piperidine rings is 1. The van der Waals surface area contributed by atoms with Gasteiger partial charge in [0, 0.05) is 30.9 Å². The second-order valence-electron chi connectivity index (χ2n) is 5.55. The molecule has 2 aliphatic heterocycles. The van der Waals surface area contributed by atoms with E-state index in [1.807, 2.05) is 13.0 Å². The van der Waals surface area contributed by atoms with Crippen LogP contribution in [0.2, 0.25) is 0 Å². The predicted molar refractivity (Wildman–Crippen MR) is 74.6 cm³/mol. The first-order valence-electron chi connectivity index (χ1n) is 6.89. The molecule has 2 aliphatic rings. The molecule has 1 N–H and O–H groups in total. The first-order chi connectivity index (χ1) is 9.16. The normalized spacial score (nSPS) is 26.3. The van der Waals surface area contributed by atoms with Gasteiger partial charge in [0.05, 0.1) is 10.5 Å². The number of fused-ring (bicyclic) bond motifs is 1. The molecule has 3 rings (SSSR count). The zero-order valence-electron chi connectivity index (χ0n) is 11.1. The summed E-state index contributed by atoms with van der Waals surface area (Å²) >= 11 is 0. The minimum absolute atomic E-state index is 0.223. The molecule has 2 heterocycles. The third-order valence-electron chi connectivity index (χ3n) is 4.41. The van der Waals surface area contributed by atoms with Gasteiger partial charge in [-0.05, 0) is 38.3 Å². The van der Waals surface area contributed by atoms with Crippen LogP contribution in [-0.4, -0.2) is 30.6 Å². The van der Waals surface area contributed by atoms with E-state index in [0.29, 0.717) is 12.0 Å². The van der Waals surface area contributed by atoms with Crippen molar-refractivity contribution in [3.8, 4) is 0 Å². The first-order valence-corrected chi connectivity index (χ1v) is 6.89. The van der Waals surface area contributed by atoms with Crippen LogP contribution >= 0.6 is 0 Å². The highest BCUT2D eigenvalue weighted by Crippen LogP contribution is 2.34. The van der Waals surface area contributed by atoms with Crippen molar-refractivity contribution in [3.05, 3.63) is 33.9 Å². The van der Waals surface area contributed by atoms with Crippen LogP contribution in [0.4, 0.5) is 11.4 Å². The number of nitrogens with one attached hydrogen (secondary N) is 1. The van der Waals surface area contributed by atoms with E-state index in [1.165, 1.54) is 12.8 Å². The van der Waals surface area contributed by atoms with Crippen molar-refractivity contribution < 1.29 is 4.92 Å². The Morgan fingerprint density at radius 2 is 2.26 bits per heavy atom. The molecule has 0 unspecified atom stereocenters. The molecule has 2 atom stereocenters. The zero-order valence-corrected chi connectivity index (χ0v) is 11.1. The van der Waals surface area contributed by atoms with Crippen molar-refractivity contribution in [2.45, 2.75) is 25.8 Å². The molecule has 0 bridgehead atoms. The second-order valence-corrected chi connectivity index (χ2v) is 5.55. The van der Waals surface area contributed by atoms with Crippen LogP contribution in [0.25, 0.3) is 0 Å². The van der Waals surface area contributed by atoms with E-state index in [0.717, 1.165) is 30.9 Å². The second kappa shape index (κ2) is 4.81. The number of anilines is 1. The minimum Gasteiger partial charge on any atom is -0.369 e. The van der Waals surface area contributed by atoms with Crippen LogP contribution in [0.1, 0.15) is 18.4 Å². The van der Waals surface area contributed by atoms with Crippen molar-refractivity contribution in [1.82, 2.24) is 5.32 Å². The van der Waals surface area contributed by atoms with Gasteiger partial charge in [0.25, 0.3) is 5.69 Å². The van der Waals surface area contributed by atoms with Crippen LogP contribution < -0.4 is 10.2 Å². The van der Waals surface area contributed by atoms with Gasteiger partial charge >= 0.3 is 0 Å². The standard InChI is InChI=1S/C14H19N3O2/c1-10-13(5-2-6-14(10)17(18)19)16-8-11-4-3-7-15-12(11)9-16/h2,5-6,11-12,15H,3-4,7-9H2,1H3/t11-,12+/m0/s1. The third-order valence-corrected chi connectivity index (χ3v) is 4.41. The zero-order chi connectivity index (χ0) is 13.4.